The van der Waals surface area contributed by atoms with Gasteiger partial charge in [-0.25, -0.2) is 13.1 Å². The number of methoxy groups -OCH3 is 1. The fourth-order valence-corrected chi connectivity index (χ4v) is 1.98. The highest BCUT2D eigenvalue weighted by atomic mass is 32.2. The monoisotopic (exact) mass is 269 g/mol. The minimum Gasteiger partial charge on any atom is -0.481 e. The predicted octanol–water partition coefficient (Wildman–Crippen LogP) is -1.70. The molecule has 0 spiro atoms. The zero-order valence-electron chi connectivity index (χ0n) is 9.47. The number of carboxylic acid groups (broad SMARTS) is 1. The molecule has 0 fully saturated rings. The molecule has 0 aliphatic rings. The molecule has 0 saturated carbocycles. The van der Waals surface area contributed by atoms with Crippen molar-refractivity contribution in [2.24, 2.45) is 0 Å². The fraction of sp³-hybridized carbons (Fsp3) is 0.750. The molecule has 100 valence electrons. The second kappa shape index (κ2) is 5.94. The van der Waals surface area contributed by atoms with Crippen LogP contribution in [0.3, 0.4) is 0 Å². The average molecular weight is 269 g/mol. The van der Waals surface area contributed by atoms with E-state index in [0.717, 1.165) is 7.11 Å². The van der Waals surface area contributed by atoms with Crippen molar-refractivity contribution in [3.63, 3.8) is 0 Å². The molecule has 0 aromatic rings. The summed E-state index contributed by atoms with van der Waals surface area (Å²) in [5, 5.41) is 18.0. The summed E-state index contributed by atoms with van der Waals surface area (Å²) in [5.41, 5.74) is -1.73. The second-order valence-corrected chi connectivity index (χ2v) is 5.53. The first kappa shape index (κ1) is 15.8. The number of aliphatic carboxylic acids is 1. The highest BCUT2D eigenvalue weighted by molar-refractivity contribution is 7.90. The lowest BCUT2D eigenvalue weighted by Crippen LogP contribution is -2.43. The Morgan fingerprint density at radius 3 is 2.35 bits per heavy atom. The van der Waals surface area contributed by atoms with Crippen LogP contribution < -0.4 is 4.72 Å². The third-order valence-electron chi connectivity index (χ3n) is 1.74. The first-order chi connectivity index (χ1) is 7.58. The molecule has 17 heavy (non-hydrogen) atoms. The van der Waals surface area contributed by atoms with E-state index in [1.807, 2.05) is 4.72 Å². The number of sulfonamides is 1. The molecular weight excluding hydrogens is 254 g/mol. The smallest absolute Gasteiger partial charge is 0.322 e. The van der Waals surface area contributed by atoms with Gasteiger partial charge in [0.2, 0.25) is 10.0 Å². The van der Waals surface area contributed by atoms with Crippen molar-refractivity contribution < 1.29 is 33.0 Å². The van der Waals surface area contributed by atoms with Crippen LogP contribution in [-0.4, -0.2) is 55.6 Å². The Hall–Kier alpha value is -1.19. The molecule has 0 aliphatic heterocycles. The minimum atomic E-state index is -3.94. The molecule has 0 heterocycles. The Bertz CT molecular complexity index is 387. The van der Waals surface area contributed by atoms with E-state index in [4.69, 9.17) is 5.11 Å². The molecule has 8 nitrogen and oxygen atoms in total. The van der Waals surface area contributed by atoms with Crippen LogP contribution in [0, 0.1) is 0 Å². The molecule has 0 aromatic carbocycles. The Balaban J connectivity index is 4.36. The first-order valence-corrected chi connectivity index (χ1v) is 6.21. The van der Waals surface area contributed by atoms with Crippen LogP contribution in [0.15, 0.2) is 0 Å². The minimum absolute atomic E-state index is 0.501. The van der Waals surface area contributed by atoms with E-state index in [2.05, 4.69) is 4.74 Å². The predicted molar refractivity (Wildman–Crippen MR) is 56.7 cm³/mol. The standard InChI is InChI=1S/C8H15NO7S/c1-8(13,3-6(10)11)5-9-17(14,15)4-7(12)16-2/h9,13H,3-5H2,1-2H3,(H,10,11). The van der Waals surface area contributed by atoms with E-state index in [1.165, 1.54) is 6.92 Å². The maximum absolute atomic E-state index is 11.3. The number of rotatable bonds is 7. The van der Waals surface area contributed by atoms with Crippen molar-refractivity contribution >= 4 is 22.0 Å². The number of hydrogen-bond acceptors (Lipinski definition) is 6. The van der Waals surface area contributed by atoms with Gasteiger partial charge in [0.05, 0.1) is 19.1 Å². The van der Waals surface area contributed by atoms with E-state index in [0.29, 0.717) is 0 Å². The van der Waals surface area contributed by atoms with E-state index in [9.17, 15) is 23.1 Å². The summed E-state index contributed by atoms with van der Waals surface area (Å²) in [7, 11) is -2.90. The van der Waals surface area contributed by atoms with Crippen molar-refractivity contribution in [3.8, 4) is 0 Å². The summed E-state index contributed by atoms with van der Waals surface area (Å²) in [5.74, 6) is -3.09. The van der Waals surface area contributed by atoms with Crippen molar-refractivity contribution in [2.75, 3.05) is 19.4 Å². The molecule has 1 unspecified atom stereocenters. The maximum Gasteiger partial charge on any atom is 0.322 e. The summed E-state index contributed by atoms with van der Waals surface area (Å²) in [6.07, 6.45) is -0.617. The molecule has 9 heteroatoms. The van der Waals surface area contributed by atoms with Crippen LogP contribution in [0.5, 0.6) is 0 Å². The van der Waals surface area contributed by atoms with E-state index in [1.54, 1.807) is 0 Å². The van der Waals surface area contributed by atoms with Gasteiger partial charge >= 0.3 is 11.9 Å². The van der Waals surface area contributed by atoms with Crippen LogP contribution >= 0.6 is 0 Å². The lowest BCUT2D eigenvalue weighted by Gasteiger charge is -2.21. The second-order valence-electron chi connectivity index (χ2n) is 3.72. The van der Waals surface area contributed by atoms with E-state index < -0.39 is 46.3 Å². The molecule has 0 bridgehead atoms. The van der Waals surface area contributed by atoms with Gasteiger partial charge in [0.15, 0.2) is 5.75 Å². The summed E-state index contributed by atoms with van der Waals surface area (Å²) in [4.78, 5) is 21.1. The molecule has 0 aromatic heterocycles. The highest BCUT2D eigenvalue weighted by Gasteiger charge is 2.27. The highest BCUT2D eigenvalue weighted by Crippen LogP contribution is 2.08. The third-order valence-corrected chi connectivity index (χ3v) is 2.94. The molecule has 1 atom stereocenters. The SMILES string of the molecule is COC(=O)CS(=O)(=O)NCC(C)(O)CC(=O)O. The van der Waals surface area contributed by atoms with Crippen LogP contribution in [0.4, 0.5) is 0 Å². The molecule has 3 N–H and O–H groups in total. The van der Waals surface area contributed by atoms with Gasteiger partial charge in [-0.1, -0.05) is 0 Å². The first-order valence-electron chi connectivity index (χ1n) is 4.56. The van der Waals surface area contributed by atoms with Crippen LogP contribution in [0.1, 0.15) is 13.3 Å². The van der Waals surface area contributed by atoms with Crippen LogP contribution in [-0.2, 0) is 24.3 Å². The normalized spacial score (nSPS) is 15.0. The lowest BCUT2D eigenvalue weighted by atomic mass is 10.0. The number of carbonyl (C=O) groups is 2. The van der Waals surface area contributed by atoms with Gasteiger partial charge in [0, 0.05) is 6.54 Å². The number of aliphatic hydroxyl groups is 1. The zero-order valence-corrected chi connectivity index (χ0v) is 10.3. The largest absolute Gasteiger partial charge is 0.481 e. The van der Waals surface area contributed by atoms with Crippen LogP contribution in [0.25, 0.3) is 0 Å². The van der Waals surface area contributed by atoms with Crippen molar-refractivity contribution in [2.45, 2.75) is 18.9 Å². The van der Waals surface area contributed by atoms with Gasteiger partial charge in [0.1, 0.15) is 0 Å². The Morgan fingerprint density at radius 1 is 1.41 bits per heavy atom. The number of esters is 1. The Morgan fingerprint density at radius 2 is 1.94 bits per heavy atom. The summed E-state index contributed by atoms with van der Waals surface area (Å²) < 4.78 is 28.6. The topological polar surface area (TPSA) is 130 Å². The molecule has 0 radical (unpaired) electrons. The summed E-state index contributed by atoms with van der Waals surface area (Å²) in [6, 6.07) is 0. The maximum atomic E-state index is 11.3. The Kier molecular flexibility index (Phi) is 5.52. The van der Waals surface area contributed by atoms with Crippen LogP contribution in [0.2, 0.25) is 0 Å². The number of nitrogens with one attached hydrogen (secondary N) is 1. The lowest BCUT2D eigenvalue weighted by molar-refractivity contribution is -0.142. The number of hydrogen-bond donors (Lipinski definition) is 3. The Labute approximate surface area is 98.6 Å². The zero-order chi connectivity index (χ0) is 13.7. The summed E-state index contributed by atoms with van der Waals surface area (Å²) >= 11 is 0. The third kappa shape index (κ3) is 7.66. The van der Waals surface area contributed by atoms with Gasteiger partial charge in [-0.2, -0.15) is 0 Å². The summed E-state index contributed by atoms with van der Waals surface area (Å²) in [6.45, 7) is 0.667. The molecule has 0 saturated heterocycles. The quantitative estimate of drug-likeness (QED) is 0.470. The van der Waals surface area contributed by atoms with Crippen molar-refractivity contribution in [1.82, 2.24) is 4.72 Å². The van der Waals surface area contributed by atoms with E-state index >= 15 is 0 Å². The van der Waals surface area contributed by atoms with Gasteiger partial charge in [-0.15, -0.1) is 0 Å². The fourth-order valence-electron chi connectivity index (χ4n) is 0.919. The molecular formula is C8H15NO7S. The van der Waals surface area contributed by atoms with E-state index in [-0.39, 0.29) is 0 Å². The number of ether oxygens (including phenoxy) is 1. The van der Waals surface area contributed by atoms with Gasteiger partial charge < -0.3 is 14.9 Å². The number of carboxylic acids is 1. The molecule has 0 aliphatic carbocycles. The van der Waals surface area contributed by atoms with Gasteiger partial charge in [-0.05, 0) is 6.92 Å². The van der Waals surface area contributed by atoms with Crippen molar-refractivity contribution in [1.29, 1.82) is 0 Å². The van der Waals surface area contributed by atoms with Crippen molar-refractivity contribution in [3.05, 3.63) is 0 Å². The molecule has 0 amide bonds. The molecule has 0 rings (SSSR count). The van der Waals surface area contributed by atoms with Gasteiger partial charge in [-0.3, -0.25) is 9.59 Å². The number of carbonyl (C=O) groups excluding carboxylic acids is 1. The van der Waals surface area contributed by atoms with Gasteiger partial charge in [0.25, 0.3) is 0 Å². The average Bonchev–Trinajstić information content (AvgIpc) is 2.12.